The molecule has 2 rings (SSSR count). The standard InChI is InChI=1S/C15H14BrNOS/c1-2-10-3-6-12(7-4-10)18-14-8-5-11(15(17)19)9-13(14)16/h3-9H,2H2,1H3,(H2,17,19). The Morgan fingerprint density at radius 2 is 1.89 bits per heavy atom. The first-order chi connectivity index (χ1) is 9.10. The summed E-state index contributed by atoms with van der Waals surface area (Å²) >= 11 is 8.40. The molecule has 0 heterocycles. The van der Waals surface area contributed by atoms with Crippen molar-refractivity contribution in [3.63, 3.8) is 0 Å². The first kappa shape index (κ1) is 14.0. The zero-order valence-corrected chi connectivity index (χ0v) is 12.9. The summed E-state index contributed by atoms with van der Waals surface area (Å²) in [7, 11) is 0. The number of hydrogen-bond acceptors (Lipinski definition) is 2. The van der Waals surface area contributed by atoms with Crippen molar-refractivity contribution in [2.75, 3.05) is 0 Å². The lowest BCUT2D eigenvalue weighted by Gasteiger charge is -2.09. The fraction of sp³-hybridized carbons (Fsp3) is 0.133. The van der Waals surface area contributed by atoms with Gasteiger partial charge in [0.25, 0.3) is 0 Å². The van der Waals surface area contributed by atoms with E-state index in [2.05, 4.69) is 35.0 Å². The van der Waals surface area contributed by atoms with E-state index >= 15 is 0 Å². The monoisotopic (exact) mass is 335 g/mol. The van der Waals surface area contributed by atoms with Crippen LogP contribution in [-0.2, 0) is 6.42 Å². The molecule has 19 heavy (non-hydrogen) atoms. The van der Waals surface area contributed by atoms with Crippen LogP contribution >= 0.6 is 28.1 Å². The Balaban J connectivity index is 2.20. The van der Waals surface area contributed by atoms with E-state index in [0.29, 0.717) is 4.99 Å². The number of benzene rings is 2. The molecule has 2 N–H and O–H groups in total. The molecule has 0 aliphatic carbocycles. The molecule has 4 heteroatoms. The summed E-state index contributed by atoms with van der Waals surface area (Å²) in [4.78, 5) is 0.375. The maximum Gasteiger partial charge on any atom is 0.141 e. The average Bonchev–Trinajstić information content (AvgIpc) is 2.41. The van der Waals surface area contributed by atoms with Crippen LogP contribution < -0.4 is 10.5 Å². The molecule has 0 bridgehead atoms. The molecule has 0 aliphatic heterocycles. The average molecular weight is 336 g/mol. The molecule has 0 radical (unpaired) electrons. The smallest absolute Gasteiger partial charge is 0.141 e. The van der Waals surface area contributed by atoms with Crippen molar-refractivity contribution >= 4 is 33.1 Å². The van der Waals surface area contributed by atoms with Gasteiger partial charge in [0.05, 0.1) is 4.47 Å². The highest BCUT2D eigenvalue weighted by molar-refractivity contribution is 9.10. The van der Waals surface area contributed by atoms with E-state index in [0.717, 1.165) is 28.0 Å². The molecule has 0 unspecified atom stereocenters. The first-order valence-corrected chi connectivity index (χ1v) is 7.16. The molecule has 2 aromatic carbocycles. The van der Waals surface area contributed by atoms with Crippen molar-refractivity contribution in [3.05, 3.63) is 58.1 Å². The normalized spacial score (nSPS) is 10.2. The lowest BCUT2D eigenvalue weighted by Crippen LogP contribution is -2.08. The summed E-state index contributed by atoms with van der Waals surface area (Å²) in [5.74, 6) is 1.55. The second kappa shape index (κ2) is 6.17. The third-order valence-electron chi connectivity index (χ3n) is 2.78. The molecule has 98 valence electrons. The maximum atomic E-state index is 5.81. The van der Waals surface area contributed by atoms with E-state index < -0.39 is 0 Å². The molecule has 0 aromatic heterocycles. The van der Waals surface area contributed by atoms with Gasteiger partial charge in [-0.1, -0.05) is 31.3 Å². The third kappa shape index (κ3) is 3.55. The maximum absolute atomic E-state index is 5.81. The Hall–Kier alpha value is -1.39. The summed E-state index contributed by atoms with van der Waals surface area (Å²) < 4.78 is 6.64. The Bertz CT molecular complexity index is 596. The van der Waals surface area contributed by atoms with Gasteiger partial charge in [-0.05, 0) is 58.2 Å². The van der Waals surface area contributed by atoms with Crippen molar-refractivity contribution in [2.45, 2.75) is 13.3 Å². The molecule has 0 saturated carbocycles. The summed E-state index contributed by atoms with van der Waals surface area (Å²) in [6.07, 6.45) is 1.02. The highest BCUT2D eigenvalue weighted by atomic mass is 79.9. The second-order valence-corrected chi connectivity index (χ2v) is 5.40. The van der Waals surface area contributed by atoms with Crippen LogP contribution in [0.5, 0.6) is 11.5 Å². The van der Waals surface area contributed by atoms with Crippen LogP contribution in [-0.4, -0.2) is 4.99 Å². The van der Waals surface area contributed by atoms with Crippen molar-refractivity contribution in [1.29, 1.82) is 0 Å². The molecular formula is C15H14BrNOS. The summed E-state index contributed by atoms with van der Waals surface area (Å²) in [6.45, 7) is 2.13. The number of halogens is 1. The van der Waals surface area contributed by atoms with E-state index in [1.165, 1.54) is 5.56 Å². The minimum absolute atomic E-state index is 0.375. The first-order valence-electron chi connectivity index (χ1n) is 5.96. The minimum atomic E-state index is 0.375. The van der Waals surface area contributed by atoms with E-state index in [9.17, 15) is 0 Å². The minimum Gasteiger partial charge on any atom is -0.456 e. The predicted octanol–water partition coefficient (Wildman–Crippen LogP) is 4.44. The van der Waals surface area contributed by atoms with Crippen LogP contribution in [0.1, 0.15) is 18.1 Å². The van der Waals surface area contributed by atoms with Crippen molar-refractivity contribution in [3.8, 4) is 11.5 Å². The van der Waals surface area contributed by atoms with Crippen LogP contribution in [0.3, 0.4) is 0 Å². The van der Waals surface area contributed by atoms with Gasteiger partial charge in [-0.2, -0.15) is 0 Å². The SMILES string of the molecule is CCc1ccc(Oc2ccc(C(N)=S)cc2Br)cc1. The molecule has 2 aromatic rings. The molecule has 0 aliphatic rings. The van der Waals surface area contributed by atoms with Crippen LogP contribution in [0.15, 0.2) is 46.9 Å². The molecule has 0 saturated heterocycles. The van der Waals surface area contributed by atoms with Gasteiger partial charge in [0.1, 0.15) is 16.5 Å². The Morgan fingerprint density at radius 1 is 1.21 bits per heavy atom. The van der Waals surface area contributed by atoms with Crippen LogP contribution in [0.2, 0.25) is 0 Å². The number of nitrogens with two attached hydrogens (primary N) is 1. The molecule has 0 fully saturated rings. The molecule has 0 amide bonds. The summed E-state index contributed by atoms with van der Waals surface area (Å²) in [5, 5.41) is 0. The van der Waals surface area contributed by atoms with Crippen LogP contribution in [0.25, 0.3) is 0 Å². The van der Waals surface area contributed by atoms with Gasteiger partial charge in [0.15, 0.2) is 0 Å². The molecule has 0 spiro atoms. The number of hydrogen-bond donors (Lipinski definition) is 1. The van der Waals surface area contributed by atoms with Crippen LogP contribution in [0.4, 0.5) is 0 Å². The Morgan fingerprint density at radius 3 is 2.42 bits per heavy atom. The number of ether oxygens (including phenoxy) is 1. The van der Waals surface area contributed by atoms with Gasteiger partial charge in [-0.25, -0.2) is 0 Å². The second-order valence-electron chi connectivity index (χ2n) is 4.11. The van der Waals surface area contributed by atoms with E-state index in [4.69, 9.17) is 22.7 Å². The van der Waals surface area contributed by atoms with Crippen molar-refractivity contribution in [2.24, 2.45) is 5.73 Å². The molecule has 0 atom stereocenters. The number of aryl methyl sites for hydroxylation is 1. The van der Waals surface area contributed by atoms with Gasteiger partial charge in [-0.3, -0.25) is 0 Å². The van der Waals surface area contributed by atoms with Crippen molar-refractivity contribution in [1.82, 2.24) is 0 Å². The summed E-state index contributed by atoms with van der Waals surface area (Å²) in [6, 6.07) is 13.6. The molecular weight excluding hydrogens is 322 g/mol. The zero-order chi connectivity index (χ0) is 13.8. The zero-order valence-electron chi connectivity index (χ0n) is 10.5. The summed E-state index contributed by atoms with van der Waals surface area (Å²) in [5.41, 5.74) is 7.69. The van der Waals surface area contributed by atoms with Gasteiger partial charge in [-0.15, -0.1) is 0 Å². The highest BCUT2D eigenvalue weighted by Crippen LogP contribution is 2.30. The predicted molar refractivity (Wildman–Crippen MR) is 85.9 cm³/mol. The fourth-order valence-corrected chi connectivity index (χ4v) is 2.24. The lowest BCUT2D eigenvalue weighted by molar-refractivity contribution is 0.479. The Labute approximate surface area is 126 Å². The van der Waals surface area contributed by atoms with Gasteiger partial charge >= 0.3 is 0 Å². The third-order valence-corrected chi connectivity index (χ3v) is 3.63. The van der Waals surface area contributed by atoms with Gasteiger partial charge in [0.2, 0.25) is 0 Å². The fourth-order valence-electron chi connectivity index (χ4n) is 1.66. The van der Waals surface area contributed by atoms with Crippen LogP contribution in [0, 0.1) is 0 Å². The van der Waals surface area contributed by atoms with Gasteiger partial charge in [0, 0.05) is 5.56 Å². The quantitative estimate of drug-likeness (QED) is 0.839. The van der Waals surface area contributed by atoms with E-state index in [1.54, 1.807) is 0 Å². The topological polar surface area (TPSA) is 35.2 Å². The van der Waals surface area contributed by atoms with Gasteiger partial charge < -0.3 is 10.5 Å². The largest absolute Gasteiger partial charge is 0.456 e. The molecule has 2 nitrogen and oxygen atoms in total. The number of rotatable bonds is 4. The Kier molecular flexibility index (Phi) is 4.56. The van der Waals surface area contributed by atoms with Crippen molar-refractivity contribution < 1.29 is 4.74 Å². The lowest BCUT2D eigenvalue weighted by atomic mass is 10.2. The van der Waals surface area contributed by atoms with E-state index in [-0.39, 0.29) is 0 Å². The highest BCUT2D eigenvalue weighted by Gasteiger charge is 2.05. The van der Waals surface area contributed by atoms with E-state index in [1.807, 2.05) is 30.3 Å². The number of thiocarbonyl (C=S) groups is 1.